The SMILES string of the molecule is CCCC1CCCCN1CC(O)COCc1ccccc1. The van der Waals surface area contributed by atoms with Crippen LogP contribution in [0.5, 0.6) is 0 Å². The Morgan fingerprint density at radius 2 is 2.10 bits per heavy atom. The predicted molar refractivity (Wildman–Crippen MR) is 86.2 cm³/mol. The van der Waals surface area contributed by atoms with Gasteiger partial charge in [0.05, 0.1) is 19.3 Å². The Morgan fingerprint density at radius 3 is 2.86 bits per heavy atom. The van der Waals surface area contributed by atoms with Crippen LogP contribution in [0.4, 0.5) is 0 Å². The van der Waals surface area contributed by atoms with Crippen molar-refractivity contribution in [3.05, 3.63) is 35.9 Å². The lowest BCUT2D eigenvalue weighted by Gasteiger charge is -2.36. The van der Waals surface area contributed by atoms with Crippen LogP contribution in [0.1, 0.15) is 44.6 Å². The van der Waals surface area contributed by atoms with E-state index in [1.165, 1.54) is 32.1 Å². The standard InChI is InChI=1S/C18H29NO2/c1-2-8-17-11-6-7-12-19(17)13-18(20)15-21-14-16-9-4-3-5-10-16/h3-5,9-10,17-18,20H,2,6-8,11-15H2,1H3. The molecule has 1 aromatic rings. The van der Waals surface area contributed by atoms with Crippen LogP contribution in [-0.4, -0.2) is 41.8 Å². The largest absolute Gasteiger partial charge is 0.389 e. The Labute approximate surface area is 128 Å². The van der Waals surface area contributed by atoms with Crippen molar-refractivity contribution in [2.75, 3.05) is 19.7 Å². The summed E-state index contributed by atoms with van der Waals surface area (Å²) in [7, 11) is 0. The summed E-state index contributed by atoms with van der Waals surface area (Å²) in [5.41, 5.74) is 1.16. The second kappa shape index (κ2) is 9.19. The van der Waals surface area contributed by atoms with Crippen molar-refractivity contribution < 1.29 is 9.84 Å². The molecule has 1 aliphatic heterocycles. The molecular weight excluding hydrogens is 262 g/mol. The summed E-state index contributed by atoms with van der Waals surface area (Å²) in [6, 6.07) is 10.8. The first-order valence-corrected chi connectivity index (χ1v) is 8.33. The molecule has 118 valence electrons. The molecule has 1 N–H and O–H groups in total. The van der Waals surface area contributed by atoms with Gasteiger partial charge in [0.25, 0.3) is 0 Å². The summed E-state index contributed by atoms with van der Waals surface area (Å²) < 4.78 is 5.64. The van der Waals surface area contributed by atoms with Gasteiger partial charge in [0.15, 0.2) is 0 Å². The van der Waals surface area contributed by atoms with E-state index in [0.717, 1.165) is 18.7 Å². The number of likely N-dealkylation sites (tertiary alicyclic amines) is 1. The second-order valence-electron chi connectivity index (χ2n) is 6.09. The Bertz CT molecular complexity index is 380. The Morgan fingerprint density at radius 1 is 1.29 bits per heavy atom. The average Bonchev–Trinajstić information content (AvgIpc) is 2.50. The highest BCUT2D eigenvalue weighted by Crippen LogP contribution is 2.21. The molecule has 3 heteroatoms. The van der Waals surface area contributed by atoms with Crippen molar-refractivity contribution in [3.63, 3.8) is 0 Å². The molecule has 0 aromatic heterocycles. The van der Waals surface area contributed by atoms with Crippen LogP contribution in [0.15, 0.2) is 30.3 Å². The minimum atomic E-state index is -0.383. The normalized spacial score (nSPS) is 21.3. The highest BCUT2D eigenvalue weighted by atomic mass is 16.5. The van der Waals surface area contributed by atoms with E-state index in [1.807, 2.05) is 30.3 Å². The van der Waals surface area contributed by atoms with Crippen LogP contribution >= 0.6 is 0 Å². The lowest BCUT2D eigenvalue weighted by molar-refractivity contribution is -0.00438. The first kappa shape index (κ1) is 16.5. The quantitative estimate of drug-likeness (QED) is 0.798. The molecule has 1 aliphatic rings. The number of benzene rings is 1. The first-order valence-electron chi connectivity index (χ1n) is 8.33. The van der Waals surface area contributed by atoms with Gasteiger partial charge in [-0.2, -0.15) is 0 Å². The number of ether oxygens (including phenoxy) is 1. The summed E-state index contributed by atoms with van der Waals surface area (Å²) in [6.07, 6.45) is 5.97. The van der Waals surface area contributed by atoms with Crippen molar-refractivity contribution in [1.29, 1.82) is 0 Å². The highest BCUT2D eigenvalue weighted by molar-refractivity contribution is 5.13. The van der Waals surface area contributed by atoms with Crippen molar-refractivity contribution >= 4 is 0 Å². The maximum Gasteiger partial charge on any atom is 0.0900 e. The number of aliphatic hydroxyl groups is 1. The molecule has 2 atom stereocenters. The maximum absolute atomic E-state index is 10.2. The predicted octanol–water partition coefficient (Wildman–Crippen LogP) is 3.22. The molecule has 1 saturated heterocycles. The zero-order valence-electron chi connectivity index (χ0n) is 13.2. The van der Waals surface area contributed by atoms with E-state index in [2.05, 4.69) is 11.8 Å². The molecule has 21 heavy (non-hydrogen) atoms. The molecule has 0 radical (unpaired) electrons. The third-order valence-corrected chi connectivity index (χ3v) is 4.24. The van der Waals surface area contributed by atoms with Crippen molar-refractivity contribution in [2.24, 2.45) is 0 Å². The first-order chi connectivity index (χ1) is 10.3. The fraction of sp³-hybridized carbons (Fsp3) is 0.667. The molecule has 3 nitrogen and oxygen atoms in total. The van der Waals surface area contributed by atoms with Gasteiger partial charge >= 0.3 is 0 Å². The molecule has 1 heterocycles. The van der Waals surface area contributed by atoms with Gasteiger partial charge in [-0.1, -0.05) is 50.1 Å². The highest BCUT2D eigenvalue weighted by Gasteiger charge is 2.23. The Hall–Kier alpha value is -0.900. The van der Waals surface area contributed by atoms with Crippen molar-refractivity contribution in [3.8, 4) is 0 Å². The molecule has 0 spiro atoms. The average molecular weight is 291 g/mol. The summed E-state index contributed by atoms with van der Waals surface area (Å²) >= 11 is 0. The lowest BCUT2D eigenvalue weighted by atomic mass is 9.98. The number of hydrogen-bond acceptors (Lipinski definition) is 3. The smallest absolute Gasteiger partial charge is 0.0900 e. The number of hydrogen-bond donors (Lipinski definition) is 1. The monoisotopic (exact) mass is 291 g/mol. The van der Waals surface area contributed by atoms with Gasteiger partial charge in [0, 0.05) is 12.6 Å². The zero-order chi connectivity index (χ0) is 14.9. The third kappa shape index (κ3) is 5.77. The molecule has 0 amide bonds. The summed E-state index contributed by atoms with van der Waals surface area (Å²) in [5.74, 6) is 0. The number of nitrogens with zero attached hydrogens (tertiary/aromatic N) is 1. The van der Waals surface area contributed by atoms with Gasteiger partial charge in [-0.25, -0.2) is 0 Å². The number of aliphatic hydroxyl groups excluding tert-OH is 1. The van der Waals surface area contributed by atoms with E-state index in [0.29, 0.717) is 19.3 Å². The molecule has 2 unspecified atom stereocenters. The summed E-state index contributed by atoms with van der Waals surface area (Å²) in [6.45, 7) is 5.12. The van der Waals surface area contributed by atoms with Gasteiger partial charge in [-0.15, -0.1) is 0 Å². The van der Waals surface area contributed by atoms with E-state index in [-0.39, 0.29) is 6.10 Å². The van der Waals surface area contributed by atoms with E-state index >= 15 is 0 Å². The Kier molecular flexibility index (Phi) is 7.20. The molecular formula is C18H29NO2. The maximum atomic E-state index is 10.2. The van der Waals surface area contributed by atoms with Gasteiger partial charge < -0.3 is 9.84 Å². The Balaban J connectivity index is 1.69. The van der Waals surface area contributed by atoms with E-state index < -0.39 is 0 Å². The molecule has 1 fully saturated rings. The number of piperidine rings is 1. The number of β-amino-alcohol motifs (C(OH)–C–C–N with tert-alkyl or cyclic N) is 1. The fourth-order valence-corrected chi connectivity index (χ4v) is 3.17. The van der Waals surface area contributed by atoms with Crippen molar-refractivity contribution in [2.45, 2.75) is 57.8 Å². The summed E-state index contributed by atoms with van der Waals surface area (Å²) in [5, 5.41) is 10.2. The lowest BCUT2D eigenvalue weighted by Crippen LogP contribution is -2.44. The zero-order valence-corrected chi connectivity index (χ0v) is 13.2. The van der Waals surface area contributed by atoms with Crippen LogP contribution in [0.2, 0.25) is 0 Å². The van der Waals surface area contributed by atoms with E-state index in [1.54, 1.807) is 0 Å². The number of rotatable bonds is 8. The van der Waals surface area contributed by atoms with Gasteiger partial charge in [0.1, 0.15) is 0 Å². The second-order valence-corrected chi connectivity index (χ2v) is 6.09. The van der Waals surface area contributed by atoms with Crippen LogP contribution in [-0.2, 0) is 11.3 Å². The van der Waals surface area contributed by atoms with Gasteiger partial charge in [-0.3, -0.25) is 4.90 Å². The van der Waals surface area contributed by atoms with Crippen LogP contribution < -0.4 is 0 Å². The topological polar surface area (TPSA) is 32.7 Å². The molecule has 2 rings (SSSR count). The van der Waals surface area contributed by atoms with Gasteiger partial charge in [-0.05, 0) is 31.4 Å². The van der Waals surface area contributed by atoms with Crippen LogP contribution in [0.25, 0.3) is 0 Å². The summed E-state index contributed by atoms with van der Waals surface area (Å²) in [4.78, 5) is 2.46. The third-order valence-electron chi connectivity index (χ3n) is 4.24. The van der Waals surface area contributed by atoms with Gasteiger partial charge in [0.2, 0.25) is 0 Å². The molecule has 0 aliphatic carbocycles. The van der Waals surface area contributed by atoms with Crippen LogP contribution in [0.3, 0.4) is 0 Å². The minimum absolute atomic E-state index is 0.383. The molecule has 0 saturated carbocycles. The fourth-order valence-electron chi connectivity index (χ4n) is 3.17. The van der Waals surface area contributed by atoms with Crippen molar-refractivity contribution in [1.82, 2.24) is 4.90 Å². The minimum Gasteiger partial charge on any atom is -0.389 e. The molecule has 0 bridgehead atoms. The van der Waals surface area contributed by atoms with E-state index in [4.69, 9.17) is 4.74 Å². The molecule has 1 aromatic carbocycles. The van der Waals surface area contributed by atoms with Crippen LogP contribution in [0, 0.1) is 0 Å². The van der Waals surface area contributed by atoms with E-state index in [9.17, 15) is 5.11 Å².